The third-order valence-corrected chi connectivity index (χ3v) is 4.08. The summed E-state index contributed by atoms with van der Waals surface area (Å²) < 4.78 is 3.37. The van der Waals surface area contributed by atoms with Gasteiger partial charge in [-0.05, 0) is 46.8 Å². The van der Waals surface area contributed by atoms with E-state index in [1.165, 1.54) is 24.2 Å². The average molecular weight is 279 g/mol. The fourth-order valence-electron chi connectivity index (χ4n) is 2.68. The molecule has 3 heteroatoms. The van der Waals surface area contributed by atoms with Crippen molar-refractivity contribution in [2.75, 3.05) is 0 Å². The van der Waals surface area contributed by atoms with Gasteiger partial charge in [0.15, 0.2) is 0 Å². The van der Waals surface area contributed by atoms with Crippen molar-refractivity contribution in [1.82, 2.24) is 9.38 Å². The molecule has 0 spiro atoms. The SMILES string of the molecule is CC1CCC(C)c2c1nc1ccc(Br)cn21. The molecule has 2 nitrogen and oxygen atoms in total. The van der Waals surface area contributed by atoms with Crippen LogP contribution in [-0.2, 0) is 0 Å². The molecule has 1 aliphatic carbocycles. The fraction of sp³-hybridized carbons (Fsp3) is 0.462. The lowest BCUT2D eigenvalue weighted by molar-refractivity contribution is 0.508. The van der Waals surface area contributed by atoms with Crippen molar-refractivity contribution >= 4 is 21.6 Å². The molecular formula is C13H15BrN2. The summed E-state index contributed by atoms with van der Waals surface area (Å²) in [4.78, 5) is 4.77. The van der Waals surface area contributed by atoms with Crippen LogP contribution in [0.1, 0.15) is 49.9 Å². The number of pyridine rings is 1. The molecule has 2 heterocycles. The van der Waals surface area contributed by atoms with Crippen molar-refractivity contribution in [1.29, 1.82) is 0 Å². The lowest BCUT2D eigenvalue weighted by Gasteiger charge is -2.23. The van der Waals surface area contributed by atoms with Crippen LogP contribution in [0.3, 0.4) is 0 Å². The van der Waals surface area contributed by atoms with Gasteiger partial charge in [0.25, 0.3) is 0 Å². The molecule has 0 fully saturated rings. The monoisotopic (exact) mass is 278 g/mol. The van der Waals surface area contributed by atoms with Gasteiger partial charge in [-0.1, -0.05) is 13.8 Å². The van der Waals surface area contributed by atoms with E-state index in [0.29, 0.717) is 11.8 Å². The van der Waals surface area contributed by atoms with Crippen LogP contribution in [-0.4, -0.2) is 9.38 Å². The van der Waals surface area contributed by atoms with Crippen LogP contribution in [0.25, 0.3) is 5.65 Å². The van der Waals surface area contributed by atoms with Gasteiger partial charge >= 0.3 is 0 Å². The second-order valence-corrected chi connectivity index (χ2v) is 5.75. The molecule has 2 aromatic rings. The zero-order valence-corrected chi connectivity index (χ0v) is 11.2. The topological polar surface area (TPSA) is 17.3 Å². The van der Waals surface area contributed by atoms with Gasteiger partial charge in [-0.15, -0.1) is 0 Å². The maximum Gasteiger partial charge on any atom is 0.137 e. The number of imidazole rings is 1. The van der Waals surface area contributed by atoms with E-state index < -0.39 is 0 Å². The summed E-state index contributed by atoms with van der Waals surface area (Å²) in [5.41, 5.74) is 3.79. The molecular weight excluding hydrogens is 264 g/mol. The van der Waals surface area contributed by atoms with Gasteiger partial charge in [0.2, 0.25) is 0 Å². The first kappa shape index (κ1) is 10.3. The molecule has 2 aromatic heterocycles. The van der Waals surface area contributed by atoms with E-state index in [0.717, 1.165) is 10.1 Å². The molecule has 0 aliphatic heterocycles. The van der Waals surface area contributed by atoms with Gasteiger partial charge in [0.1, 0.15) is 5.65 Å². The summed E-state index contributed by atoms with van der Waals surface area (Å²) >= 11 is 3.53. The molecule has 0 radical (unpaired) electrons. The molecule has 2 atom stereocenters. The maximum atomic E-state index is 4.77. The van der Waals surface area contributed by atoms with Crippen LogP contribution in [0, 0.1) is 0 Å². The number of aromatic nitrogens is 2. The summed E-state index contributed by atoms with van der Waals surface area (Å²) in [6, 6.07) is 4.14. The third-order valence-electron chi connectivity index (χ3n) is 3.61. The van der Waals surface area contributed by atoms with E-state index in [4.69, 9.17) is 4.98 Å². The predicted octanol–water partition coefficient (Wildman–Crippen LogP) is 4.10. The Labute approximate surface area is 104 Å². The summed E-state index contributed by atoms with van der Waals surface area (Å²) in [6.07, 6.45) is 4.67. The molecule has 0 bridgehead atoms. The van der Waals surface area contributed by atoms with Gasteiger partial charge in [-0.25, -0.2) is 4.98 Å². The Morgan fingerprint density at radius 3 is 2.81 bits per heavy atom. The highest BCUT2D eigenvalue weighted by atomic mass is 79.9. The highest BCUT2D eigenvalue weighted by molar-refractivity contribution is 9.10. The first-order chi connectivity index (χ1) is 7.66. The van der Waals surface area contributed by atoms with E-state index in [-0.39, 0.29) is 0 Å². The standard InChI is InChI=1S/C13H15BrN2/c1-8-3-4-9(2)13-12(8)15-11-6-5-10(14)7-16(11)13/h5-9H,3-4H2,1-2H3. The van der Waals surface area contributed by atoms with E-state index in [2.05, 4.69) is 52.5 Å². The van der Waals surface area contributed by atoms with Crippen molar-refractivity contribution < 1.29 is 0 Å². The number of halogens is 1. The Morgan fingerprint density at radius 2 is 2.00 bits per heavy atom. The Balaban J connectivity index is 2.33. The third kappa shape index (κ3) is 1.41. The molecule has 0 amide bonds. The zero-order chi connectivity index (χ0) is 11.3. The van der Waals surface area contributed by atoms with Crippen molar-refractivity contribution in [2.24, 2.45) is 0 Å². The Morgan fingerprint density at radius 1 is 1.25 bits per heavy atom. The molecule has 84 valence electrons. The summed E-state index contributed by atoms with van der Waals surface area (Å²) in [5.74, 6) is 1.22. The molecule has 3 rings (SSSR count). The number of hydrogen-bond acceptors (Lipinski definition) is 1. The Bertz CT molecular complexity index is 544. The first-order valence-electron chi connectivity index (χ1n) is 5.84. The Hall–Kier alpha value is -0.830. The van der Waals surface area contributed by atoms with E-state index in [9.17, 15) is 0 Å². The van der Waals surface area contributed by atoms with Gasteiger partial charge < -0.3 is 4.40 Å². The smallest absolute Gasteiger partial charge is 0.137 e. The number of rotatable bonds is 0. The van der Waals surface area contributed by atoms with Crippen LogP contribution in [0.4, 0.5) is 0 Å². The van der Waals surface area contributed by atoms with Crippen molar-refractivity contribution in [3.63, 3.8) is 0 Å². The lowest BCUT2D eigenvalue weighted by Crippen LogP contribution is -2.11. The highest BCUT2D eigenvalue weighted by Gasteiger charge is 2.26. The second kappa shape index (κ2) is 3.59. The summed E-state index contributed by atoms with van der Waals surface area (Å²) in [7, 11) is 0. The lowest BCUT2D eigenvalue weighted by atomic mass is 9.85. The first-order valence-corrected chi connectivity index (χ1v) is 6.63. The zero-order valence-electron chi connectivity index (χ0n) is 9.57. The molecule has 0 saturated heterocycles. The van der Waals surface area contributed by atoms with Crippen LogP contribution in [0.2, 0.25) is 0 Å². The van der Waals surface area contributed by atoms with Gasteiger partial charge in [-0.2, -0.15) is 0 Å². The maximum absolute atomic E-state index is 4.77. The summed E-state index contributed by atoms with van der Waals surface area (Å²) in [5, 5.41) is 0. The van der Waals surface area contributed by atoms with Gasteiger partial charge in [-0.3, -0.25) is 0 Å². The average Bonchev–Trinajstić information content (AvgIpc) is 2.63. The minimum absolute atomic E-state index is 0.602. The predicted molar refractivity (Wildman–Crippen MR) is 69.0 cm³/mol. The fourth-order valence-corrected chi connectivity index (χ4v) is 3.02. The molecule has 16 heavy (non-hydrogen) atoms. The number of fused-ring (bicyclic) bond motifs is 3. The molecule has 0 saturated carbocycles. The molecule has 0 N–H and O–H groups in total. The van der Waals surface area contributed by atoms with Crippen LogP contribution >= 0.6 is 15.9 Å². The van der Waals surface area contributed by atoms with Crippen LogP contribution in [0.5, 0.6) is 0 Å². The van der Waals surface area contributed by atoms with Gasteiger partial charge in [0, 0.05) is 22.3 Å². The quantitative estimate of drug-likeness (QED) is 0.709. The van der Waals surface area contributed by atoms with Crippen molar-refractivity contribution in [3.05, 3.63) is 34.2 Å². The molecule has 0 aromatic carbocycles. The minimum Gasteiger partial charge on any atom is -0.302 e. The van der Waals surface area contributed by atoms with E-state index in [1.807, 2.05) is 0 Å². The van der Waals surface area contributed by atoms with E-state index in [1.54, 1.807) is 0 Å². The highest BCUT2D eigenvalue weighted by Crippen LogP contribution is 2.38. The largest absolute Gasteiger partial charge is 0.302 e. The number of hydrogen-bond donors (Lipinski definition) is 0. The Kier molecular flexibility index (Phi) is 2.32. The minimum atomic E-state index is 0.602. The molecule has 2 unspecified atom stereocenters. The van der Waals surface area contributed by atoms with Gasteiger partial charge in [0.05, 0.1) is 5.69 Å². The van der Waals surface area contributed by atoms with E-state index >= 15 is 0 Å². The second-order valence-electron chi connectivity index (χ2n) is 4.84. The number of nitrogens with zero attached hydrogens (tertiary/aromatic N) is 2. The van der Waals surface area contributed by atoms with Crippen molar-refractivity contribution in [3.8, 4) is 0 Å². The van der Waals surface area contributed by atoms with Crippen LogP contribution in [0.15, 0.2) is 22.8 Å². The van der Waals surface area contributed by atoms with Crippen molar-refractivity contribution in [2.45, 2.75) is 38.5 Å². The van der Waals surface area contributed by atoms with Crippen LogP contribution < -0.4 is 0 Å². The summed E-state index contributed by atoms with van der Waals surface area (Å²) in [6.45, 7) is 4.59. The molecule has 1 aliphatic rings. The normalized spacial score (nSPS) is 24.7.